The van der Waals surface area contributed by atoms with Crippen molar-refractivity contribution in [2.24, 2.45) is 16.3 Å². The molecule has 2 N–H and O–H groups in total. The molecule has 0 aromatic carbocycles. The number of halogens is 1. The third-order valence-corrected chi connectivity index (χ3v) is 6.81. The highest BCUT2D eigenvalue weighted by molar-refractivity contribution is 14.0. The van der Waals surface area contributed by atoms with Crippen LogP contribution in [0.15, 0.2) is 11.2 Å². The summed E-state index contributed by atoms with van der Waals surface area (Å²) in [6.07, 6.45) is 8.22. The molecule has 4 atom stereocenters. The first-order chi connectivity index (χ1) is 12.9. The van der Waals surface area contributed by atoms with Crippen LogP contribution in [0.3, 0.4) is 0 Å². The summed E-state index contributed by atoms with van der Waals surface area (Å²) < 4.78 is 8.13. The minimum Gasteiger partial charge on any atom is -0.377 e. The van der Waals surface area contributed by atoms with Crippen molar-refractivity contribution in [1.82, 2.24) is 20.4 Å². The minimum absolute atomic E-state index is 0. The van der Waals surface area contributed by atoms with Crippen LogP contribution < -0.4 is 10.6 Å². The molecule has 4 rings (SSSR count). The predicted octanol–water partition coefficient (Wildman–Crippen LogP) is 3.31. The van der Waals surface area contributed by atoms with E-state index in [1.165, 1.54) is 24.1 Å². The van der Waals surface area contributed by atoms with Crippen LogP contribution in [-0.4, -0.2) is 47.6 Å². The van der Waals surface area contributed by atoms with Crippen LogP contribution >= 0.6 is 24.0 Å². The maximum atomic E-state index is 6.04. The lowest BCUT2D eigenvalue weighted by atomic mass is 9.55. The molecule has 1 saturated heterocycles. The van der Waals surface area contributed by atoms with Gasteiger partial charge in [0.2, 0.25) is 0 Å². The third kappa shape index (κ3) is 3.93. The topological polar surface area (TPSA) is 63.5 Å². The van der Waals surface area contributed by atoms with E-state index < -0.39 is 0 Å². The van der Waals surface area contributed by atoms with Crippen molar-refractivity contribution < 1.29 is 4.74 Å². The molecule has 2 heterocycles. The number of fused-ring (bicyclic) bond motifs is 2. The Bertz CT molecular complexity index is 714. The highest BCUT2D eigenvalue weighted by atomic mass is 127. The first-order valence-corrected chi connectivity index (χ1v) is 10.6. The number of hydrogen-bond acceptors (Lipinski definition) is 3. The van der Waals surface area contributed by atoms with Gasteiger partial charge in [0, 0.05) is 55.7 Å². The molecule has 1 aliphatic heterocycles. The molecule has 2 aliphatic carbocycles. The number of ether oxygens (including phenoxy) is 1. The fraction of sp³-hybridized carbons (Fsp3) is 0.810. The van der Waals surface area contributed by atoms with E-state index in [0.717, 1.165) is 31.8 Å². The number of aryl methyl sites for hydroxylation is 1. The Morgan fingerprint density at radius 1 is 1.32 bits per heavy atom. The van der Waals surface area contributed by atoms with Crippen LogP contribution in [0, 0.1) is 11.3 Å². The predicted molar refractivity (Wildman–Crippen MR) is 124 cm³/mol. The van der Waals surface area contributed by atoms with Crippen molar-refractivity contribution in [2.45, 2.75) is 84.0 Å². The van der Waals surface area contributed by atoms with Crippen molar-refractivity contribution in [3.05, 3.63) is 17.5 Å². The lowest BCUT2D eigenvalue weighted by Gasteiger charge is -2.60. The Kier molecular flexibility index (Phi) is 6.64. The third-order valence-electron chi connectivity index (χ3n) is 6.81. The number of nitrogens with zero attached hydrogens (tertiary/aromatic N) is 3. The zero-order valence-corrected chi connectivity index (χ0v) is 20.2. The molecular formula is C21H36IN5O. The summed E-state index contributed by atoms with van der Waals surface area (Å²) in [5, 5.41) is 12.2. The van der Waals surface area contributed by atoms with Crippen molar-refractivity contribution in [1.29, 1.82) is 0 Å². The van der Waals surface area contributed by atoms with Crippen molar-refractivity contribution in [3.63, 3.8) is 0 Å². The molecule has 158 valence electrons. The van der Waals surface area contributed by atoms with Gasteiger partial charge in [-0.1, -0.05) is 13.8 Å². The van der Waals surface area contributed by atoms with Crippen molar-refractivity contribution in [2.75, 3.05) is 13.7 Å². The average Bonchev–Trinajstić information content (AvgIpc) is 3.08. The largest absolute Gasteiger partial charge is 0.377 e. The second-order valence-electron chi connectivity index (χ2n) is 9.37. The zero-order valence-electron chi connectivity index (χ0n) is 17.9. The Labute approximate surface area is 186 Å². The summed E-state index contributed by atoms with van der Waals surface area (Å²) in [4.78, 5) is 4.52. The molecule has 1 aromatic heterocycles. The van der Waals surface area contributed by atoms with Crippen LogP contribution in [0.5, 0.6) is 0 Å². The Morgan fingerprint density at radius 2 is 2.11 bits per heavy atom. The average molecular weight is 501 g/mol. The zero-order chi connectivity index (χ0) is 19.2. The van der Waals surface area contributed by atoms with E-state index in [1.807, 2.05) is 7.05 Å². The van der Waals surface area contributed by atoms with Gasteiger partial charge in [0.15, 0.2) is 5.96 Å². The molecule has 0 spiro atoms. The molecule has 0 bridgehead atoms. The van der Waals surface area contributed by atoms with Gasteiger partial charge in [0.05, 0.1) is 11.8 Å². The van der Waals surface area contributed by atoms with E-state index >= 15 is 0 Å². The Hall–Kier alpha value is -0.830. The lowest BCUT2D eigenvalue weighted by molar-refractivity contribution is -0.188. The molecule has 1 saturated carbocycles. The smallest absolute Gasteiger partial charge is 0.191 e. The number of nitrogens with one attached hydrogen (secondary N) is 2. The fourth-order valence-electron chi connectivity index (χ4n) is 5.23. The maximum Gasteiger partial charge on any atom is 0.191 e. The number of rotatable bonds is 3. The van der Waals surface area contributed by atoms with E-state index in [1.54, 1.807) is 0 Å². The first kappa shape index (κ1) is 21.9. The summed E-state index contributed by atoms with van der Waals surface area (Å²) in [5.74, 6) is 1.53. The maximum absolute atomic E-state index is 6.04. The number of hydrogen-bond donors (Lipinski definition) is 2. The van der Waals surface area contributed by atoms with Gasteiger partial charge in [-0.3, -0.25) is 9.67 Å². The van der Waals surface area contributed by atoms with Crippen LogP contribution in [0.4, 0.5) is 0 Å². The van der Waals surface area contributed by atoms with Crippen LogP contribution in [-0.2, 0) is 17.6 Å². The monoisotopic (exact) mass is 501 g/mol. The summed E-state index contributed by atoms with van der Waals surface area (Å²) in [7, 11) is 1.87. The normalized spacial score (nSPS) is 31.3. The van der Waals surface area contributed by atoms with Crippen LogP contribution in [0.1, 0.15) is 64.3 Å². The fourth-order valence-corrected chi connectivity index (χ4v) is 5.23. The van der Waals surface area contributed by atoms with Crippen molar-refractivity contribution in [3.8, 4) is 0 Å². The van der Waals surface area contributed by atoms with E-state index in [2.05, 4.69) is 54.2 Å². The van der Waals surface area contributed by atoms with Gasteiger partial charge in [-0.25, -0.2) is 0 Å². The van der Waals surface area contributed by atoms with E-state index in [-0.39, 0.29) is 29.4 Å². The molecule has 7 heteroatoms. The minimum atomic E-state index is 0. The lowest BCUT2D eigenvalue weighted by Crippen LogP contribution is -2.71. The van der Waals surface area contributed by atoms with E-state index in [4.69, 9.17) is 9.84 Å². The van der Waals surface area contributed by atoms with Gasteiger partial charge >= 0.3 is 0 Å². The summed E-state index contributed by atoms with van der Waals surface area (Å²) in [5.41, 5.74) is 2.80. The molecule has 3 aliphatic rings. The second kappa shape index (κ2) is 8.50. The molecular weight excluding hydrogens is 465 g/mol. The summed E-state index contributed by atoms with van der Waals surface area (Å²) >= 11 is 0. The van der Waals surface area contributed by atoms with E-state index in [9.17, 15) is 0 Å². The van der Waals surface area contributed by atoms with Crippen LogP contribution in [0.25, 0.3) is 0 Å². The molecule has 6 nitrogen and oxygen atoms in total. The highest BCUT2D eigenvalue weighted by Gasteiger charge is 2.58. The van der Waals surface area contributed by atoms with Gasteiger partial charge in [-0.15, -0.1) is 24.0 Å². The van der Waals surface area contributed by atoms with Crippen molar-refractivity contribution >= 4 is 29.9 Å². The Morgan fingerprint density at radius 3 is 2.82 bits per heavy atom. The van der Waals surface area contributed by atoms with Crippen LogP contribution in [0.2, 0.25) is 0 Å². The SMILES string of the molecule is CN=C(NC1CCc2cn(C(C)C)nc2C1)NC1C2CCCOC2C1(C)C.I. The molecule has 1 aromatic rings. The van der Waals surface area contributed by atoms with Gasteiger partial charge in [0.1, 0.15) is 0 Å². The van der Waals surface area contributed by atoms with Gasteiger partial charge < -0.3 is 15.4 Å². The summed E-state index contributed by atoms with van der Waals surface area (Å²) in [6, 6.07) is 1.23. The Balaban J connectivity index is 0.00000225. The summed E-state index contributed by atoms with van der Waals surface area (Å²) in [6.45, 7) is 9.91. The van der Waals surface area contributed by atoms with Gasteiger partial charge in [-0.05, 0) is 45.1 Å². The number of aliphatic imine (C=N–C) groups is 1. The molecule has 28 heavy (non-hydrogen) atoms. The molecule has 0 radical (unpaired) electrons. The molecule has 4 unspecified atom stereocenters. The molecule has 2 fully saturated rings. The first-order valence-electron chi connectivity index (χ1n) is 10.6. The standard InChI is InChI=1S/C21H35N5O.HI/c1-13(2)26-12-14-8-9-15(11-17(14)25-26)23-20(22-5)24-18-16-7-6-10-27-19(16)21(18,3)4;/h12-13,15-16,18-19H,6-11H2,1-5H3,(H2,22,23,24);1H. The van der Waals surface area contributed by atoms with Gasteiger partial charge in [-0.2, -0.15) is 5.10 Å². The number of aromatic nitrogens is 2. The van der Waals surface area contributed by atoms with Gasteiger partial charge in [0.25, 0.3) is 0 Å². The van der Waals surface area contributed by atoms with E-state index in [0.29, 0.717) is 30.1 Å². The number of guanidine groups is 1. The highest BCUT2D eigenvalue weighted by Crippen LogP contribution is 2.51. The quantitative estimate of drug-likeness (QED) is 0.379. The second-order valence-corrected chi connectivity index (χ2v) is 9.37. The molecule has 0 amide bonds.